The summed E-state index contributed by atoms with van der Waals surface area (Å²) in [5.74, 6) is -1.36. The third-order valence-electron chi connectivity index (χ3n) is 2.85. The van der Waals surface area contributed by atoms with E-state index in [-0.39, 0.29) is 17.8 Å². The van der Waals surface area contributed by atoms with E-state index < -0.39 is 22.2 Å². The maximum absolute atomic E-state index is 13.8. The Kier molecular flexibility index (Phi) is 3.93. The molecule has 20 heavy (non-hydrogen) atoms. The summed E-state index contributed by atoms with van der Waals surface area (Å²) in [4.78, 5) is 9.85. The summed E-state index contributed by atoms with van der Waals surface area (Å²) in [5, 5.41) is 13.4. The number of hydrogen-bond acceptors (Lipinski definition) is 3. The average molecular weight is 278 g/mol. The Morgan fingerprint density at radius 3 is 2.70 bits per heavy atom. The van der Waals surface area contributed by atoms with Crippen LogP contribution in [0, 0.1) is 28.7 Å². The average Bonchev–Trinajstić information content (AvgIpc) is 2.41. The molecule has 0 aliphatic carbocycles. The lowest BCUT2D eigenvalue weighted by Gasteiger charge is -2.09. The fourth-order valence-corrected chi connectivity index (χ4v) is 1.81. The van der Waals surface area contributed by atoms with E-state index in [1.165, 1.54) is 18.2 Å². The van der Waals surface area contributed by atoms with Crippen LogP contribution < -0.4 is 5.32 Å². The van der Waals surface area contributed by atoms with E-state index in [2.05, 4.69) is 5.32 Å². The third-order valence-corrected chi connectivity index (χ3v) is 2.85. The Morgan fingerprint density at radius 2 is 2.00 bits per heavy atom. The van der Waals surface area contributed by atoms with E-state index in [1.807, 2.05) is 0 Å². The van der Waals surface area contributed by atoms with Gasteiger partial charge in [0.1, 0.15) is 5.82 Å². The van der Waals surface area contributed by atoms with Crippen molar-refractivity contribution in [3.8, 4) is 0 Å². The highest BCUT2D eigenvalue weighted by molar-refractivity contribution is 5.48. The number of nitrogens with one attached hydrogen (secondary N) is 1. The van der Waals surface area contributed by atoms with Gasteiger partial charge < -0.3 is 5.32 Å². The van der Waals surface area contributed by atoms with Gasteiger partial charge in [-0.2, -0.15) is 4.39 Å². The first kappa shape index (κ1) is 13.9. The second-order valence-electron chi connectivity index (χ2n) is 4.34. The maximum Gasteiger partial charge on any atom is 0.305 e. The Morgan fingerprint density at radius 1 is 1.25 bits per heavy atom. The van der Waals surface area contributed by atoms with Gasteiger partial charge in [0, 0.05) is 18.2 Å². The number of aryl methyl sites for hydroxylation is 1. The van der Waals surface area contributed by atoms with E-state index in [9.17, 15) is 18.9 Å². The molecule has 6 heteroatoms. The van der Waals surface area contributed by atoms with E-state index in [1.54, 1.807) is 19.1 Å². The fraction of sp³-hybridized carbons (Fsp3) is 0.143. The van der Waals surface area contributed by atoms with E-state index in [4.69, 9.17) is 0 Å². The molecular weight excluding hydrogens is 266 g/mol. The smallest absolute Gasteiger partial charge is 0.305 e. The molecule has 2 aromatic rings. The molecule has 0 radical (unpaired) electrons. The van der Waals surface area contributed by atoms with Crippen molar-refractivity contribution in [1.82, 2.24) is 0 Å². The lowest BCUT2D eigenvalue weighted by molar-refractivity contribution is -0.387. The molecule has 4 nitrogen and oxygen atoms in total. The molecule has 0 aliphatic heterocycles. The van der Waals surface area contributed by atoms with Crippen molar-refractivity contribution in [2.45, 2.75) is 13.5 Å². The molecule has 0 spiro atoms. The van der Waals surface area contributed by atoms with E-state index >= 15 is 0 Å². The molecule has 0 aromatic heterocycles. The Balaban J connectivity index is 2.21. The van der Waals surface area contributed by atoms with Crippen molar-refractivity contribution in [2.24, 2.45) is 0 Å². The number of hydrogen-bond donors (Lipinski definition) is 1. The number of nitrogens with zero attached hydrogens (tertiary/aromatic N) is 1. The number of anilines is 1. The molecule has 0 saturated carbocycles. The van der Waals surface area contributed by atoms with Crippen molar-refractivity contribution in [2.75, 3.05) is 5.32 Å². The van der Waals surface area contributed by atoms with Crippen molar-refractivity contribution >= 4 is 11.4 Å². The highest BCUT2D eigenvalue weighted by Crippen LogP contribution is 2.22. The molecule has 0 atom stereocenters. The van der Waals surface area contributed by atoms with Gasteiger partial charge in [-0.1, -0.05) is 18.2 Å². The van der Waals surface area contributed by atoms with Gasteiger partial charge in [0.05, 0.1) is 10.6 Å². The van der Waals surface area contributed by atoms with Gasteiger partial charge in [0.15, 0.2) is 0 Å². The Labute approximate surface area is 114 Å². The van der Waals surface area contributed by atoms with Gasteiger partial charge in [0.2, 0.25) is 5.82 Å². The predicted molar refractivity (Wildman–Crippen MR) is 71.5 cm³/mol. The molecule has 0 heterocycles. The quantitative estimate of drug-likeness (QED) is 0.683. The van der Waals surface area contributed by atoms with Crippen LogP contribution in [0.2, 0.25) is 0 Å². The van der Waals surface area contributed by atoms with Gasteiger partial charge in [-0.3, -0.25) is 10.1 Å². The number of benzene rings is 2. The normalized spacial score (nSPS) is 10.3. The second-order valence-corrected chi connectivity index (χ2v) is 4.34. The maximum atomic E-state index is 13.8. The largest absolute Gasteiger partial charge is 0.378 e. The summed E-state index contributed by atoms with van der Waals surface area (Å²) in [6.07, 6.45) is 0. The molecular formula is C14H12F2N2O2. The zero-order valence-electron chi connectivity index (χ0n) is 10.7. The number of rotatable bonds is 4. The molecule has 0 amide bonds. The fourth-order valence-electron chi connectivity index (χ4n) is 1.81. The zero-order valence-corrected chi connectivity index (χ0v) is 10.7. The number of nitro groups is 1. The lowest BCUT2D eigenvalue weighted by atomic mass is 10.1. The first-order valence-electron chi connectivity index (χ1n) is 5.91. The van der Waals surface area contributed by atoms with Crippen LogP contribution in [0.4, 0.5) is 20.2 Å². The molecule has 1 N–H and O–H groups in total. The summed E-state index contributed by atoms with van der Waals surface area (Å²) in [5.41, 5.74) is 0.610. The van der Waals surface area contributed by atoms with Crippen LogP contribution in [0.3, 0.4) is 0 Å². The molecule has 2 aromatic carbocycles. The van der Waals surface area contributed by atoms with Crippen LogP contribution >= 0.6 is 0 Å². The predicted octanol–water partition coefficient (Wildman–Crippen LogP) is 3.79. The summed E-state index contributed by atoms with van der Waals surface area (Å²) < 4.78 is 27.3. The van der Waals surface area contributed by atoms with Crippen molar-refractivity contribution in [1.29, 1.82) is 0 Å². The highest BCUT2D eigenvalue weighted by Gasteiger charge is 2.17. The molecule has 2 rings (SSSR count). The Bertz CT molecular complexity index is 660. The zero-order chi connectivity index (χ0) is 14.7. The topological polar surface area (TPSA) is 55.2 Å². The molecule has 0 aliphatic rings. The number of halogens is 2. The van der Waals surface area contributed by atoms with Crippen molar-refractivity contribution in [3.63, 3.8) is 0 Å². The van der Waals surface area contributed by atoms with Crippen molar-refractivity contribution < 1.29 is 13.7 Å². The van der Waals surface area contributed by atoms with Crippen molar-refractivity contribution in [3.05, 3.63) is 69.3 Å². The number of nitro benzene ring substituents is 1. The Hall–Kier alpha value is -2.50. The monoisotopic (exact) mass is 278 g/mol. The minimum absolute atomic E-state index is 0.0338. The molecule has 0 fully saturated rings. The lowest BCUT2D eigenvalue weighted by Crippen LogP contribution is -2.05. The summed E-state index contributed by atoms with van der Waals surface area (Å²) in [6.45, 7) is 1.77. The SMILES string of the molecule is Cc1ccc(F)c(NCc2cccc([N+](=O)[O-])c2F)c1. The van der Waals surface area contributed by atoms with Crippen LogP contribution in [-0.4, -0.2) is 4.92 Å². The molecule has 104 valence electrons. The standard InChI is InChI=1S/C14H12F2N2O2/c1-9-5-6-11(15)12(7-9)17-8-10-3-2-4-13(14(10)16)18(19)20/h2-7,17H,8H2,1H3. The summed E-state index contributed by atoms with van der Waals surface area (Å²) in [6, 6.07) is 8.42. The van der Waals surface area contributed by atoms with Gasteiger partial charge in [-0.15, -0.1) is 0 Å². The second kappa shape index (κ2) is 5.64. The van der Waals surface area contributed by atoms with Crippen LogP contribution in [0.5, 0.6) is 0 Å². The first-order valence-corrected chi connectivity index (χ1v) is 5.91. The minimum atomic E-state index is -0.905. The van der Waals surface area contributed by atoms with Gasteiger partial charge in [-0.25, -0.2) is 4.39 Å². The summed E-state index contributed by atoms with van der Waals surface area (Å²) >= 11 is 0. The minimum Gasteiger partial charge on any atom is -0.378 e. The van der Waals surface area contributed by atoms with E-state index in [0.717, 1.165) is 11.6 Å². The van der Waals surface area contributed by atoms with Crippen LogP contribution in [0.15, 0.2) is 36.4 Å². The van der Waals surface area contributed by atoms with Crippen LogP contribution in [-0.2, 0) is 6.54 Å². The van der Waals surface area contributed by atoms with Crippen LogP contribution in [0.25, 0.3) is 0 Å². The molecule has 0 unspecified atom stereocenters. The first-order chi connectivity index (χ1) is 9.49. The van der Waals surface area contributed by atoms with Crippen LogP contribution in [0.1, 0.15) is 11.1 Å². The molecule has 0 bridgehead atoms. The van der Waals surface area contributed by atoms with Gasteiger partial charge in [0.25, 0.3) is 0 Å². The summed E-state index contributed by atoms with van der Waals surface area (Å²) in [7, 11) is 0. The highest BCUT2D eigenvalue weighted by atomic mass is 19.1. The van der Waals surface area contributed by atoms with Gasteiger partial charge in [-0.05, 0) is 24.6 Å². The van der Waals surface area contributed by atoms with E-state index in [0.29, 0.717) is 0 Å². The third kappa shape index (κ3) is 2.90. The van der Waals surface area contributed by atoms with Gasteiger partial charge >= 0.3 is 5.69 Å². The molecule has 0 saturated heterocycles.